The van der Waals surface area contributed by atoms with Gasteiger partial charge >= 0.3 is 5.97 Å². The zero-order valence-electron chi connectivity index (χ0n) is 15.0. The van der Waals surface area contributed by atoms with E-state index in [0.29, 0.717) is 35.2 Å². The molecule has 3 rings (SSSR count). The number of aryl methyl sites for hydroxylation is 1. The molecule has 0 unspecified atom stereocenters. The van der Waals surface area contributed by atoms with Gasteiger partial charge in [-0.05, 0) is 38.1 Å². The summed E-state index contributed by atoms with van der Waals surface area (Å²) in [6.45, 7) is 4.04. The summed E-state index contributed by atoms with van der Waals surface area (Å²) in [7, 11) is 1.58. The lowest BCUT2D eigenvalue weighted by Gasteiger charge is -2.04. The number of carbonyl (C=O) groups is 1. The first-order chi connectivity index (χ1) is 12.6. The number of ether oxygens (including phenoxy) is 2. The van der Waals surface area contributed by atoms with Crippen LogP contribution in [0, 0.1) is 6.92 Å². The van der Waals surface area contributed by atoms with Crippen molar-refractivity contribution in [2.24, 2.45) is 10.2 Å². The van der Waals surface area contributed by atoms with Gasteiger partial charge in [0.05, 0.1) is 25.8 Å². The number of nitrogens with zero attached hydrogens (tertiary/aromatic N) is 4. The molecule has 0 amide bonds. The first-order valence-corrected chi connectivity index (χ1v) is 8.31. The SMILES string of the molecule is CCOC(=O)Cc1nc2cccc(C)n2c1N=Nc1ccccc1OC. The topological polar surface area (TPSA) is 77.5 Å². The minimum absolute atomic E-state index is 0.0369. The number of para-hydroxylation sites is 1. The zero-order chi connectivity index (χ0) is 18.5. The standard InChI is InChI=1S/C19H20N4O3/c1-4-26-18(24)12-15-19(23-13(2)8-7-11-17(23)20-15)22-21-14-9-5-6-10-16(14)25-3/h5-11H,4,12H2,1-3H3. The number of azo groups is 1. The second-order valence-corrected chi connectivity index (χ2v) is 5.60. The van der Waals surface area contributed by atoms with Gasteiger partial charge in [0.25, 0.3) is 0 Å². The van der Waals surface area contributed by atoms with Gasteiger partial charge in [-0.15, -0.1) is 10.2 Å². The fraction of sp³-hybridized carbons (Fsp3) is 0.263. The lowest BCUT2D eigenvalue weighted by molar-refractivity contribution is -0.142. The van der Waals surface area contributed by atoms with Gasteiger partial charge in [-0.3, -0.25) is 9.20 Å². The number of fused-ring (bicyclic) bond motifs is 1. The molecule has 0 atom stereocenters. The number of esters is 1. The Bertz CT molecular complexity index is 963. The van der Waals surface area contributed by atoms with E-state index in [0.717, 1.165) is 5.69 Å². The number of hydrogen-bond donors (Lipinski definition) is 0. The molecular formula is C19H20N4O3. The average Bonchev–Trinajstić information content (AvgIpc) is 2.98. The Morgan fingerprint density at radius 3 is 2.73 bits per heavy atom. The number of benzene rings is 1. The molecule has 0 radical (unpaired) electrons. The van der Waals surface area contributed by atoms with E-state index in [-0.39, 0.29) is 12.4 Å². The summed E-state index contributed by atoms with van der Waals surface area (Å²) < 4.78 is 12.2. The number of aromatic nitrogens is 2. The molecule has 0 aliphatic carbocycles. The molecule has 134 valence electrons. The normalized spacial score (nSPS) is 11.2. The van der Waals surface area contributed by atoms with Crippen LogP contribution in [-0.2, 0) is 16.0 Å². The Balaban J connectivity index is 2.07. The Hall–Kier alpha value is -3.22. The molecule has 2 heterocycles. The number of carbonyl (C=O) groups excluding carboxylic acids is 1. The number of pyridine rings is 1. The number of rotatable bonds is 6. The van der Waals surface area contributed by atoms with Crippen LogP contribution in [0.3, 0.4) is 0 Å². The minimum Gasteiger partial charge on any atom is -0.494 e. The van der Waals surface area contributed by atoms with Gasteiger partial charge in [-0.1, -0.05) is 18.2 Å². The maximum absolute atomic E-state index is 11.9. The predicted molar refractivity (Wildman–Crippen MR) is 97.4 cm³/mol. The van der Waals surface area contributed by atoms with Crippen molar-refractivity contribution in [2.45, 2.75) is 20.3 Å². The first-order valence-electron chi connectivity index (χ1n) is 8.31. The zero-order valence-corrected chi connectivity index (χ0v) is 15.0. The fourth-order valence-corrected chi connectivity index (χ4v) is 2.67. The van der Waals surface area contributed by atoms with Gasteiger partial charge in [0, 0.05) is 5.69 Å². The van der Waals surface area contributed by atoms with Gasteiger partial charge in [0.1, 0.15) is 17.1 Å². The molecule has 7 heteroatoms. The van der Waals surface area contributed by atoms with Gasteiger partial charge in [-0.2, -0.15) is 0 Å². The molecular weight excluding hydrogens is 332 g/mol. The van der Waals surface area contributed by atoms with Crippen LogP contribution in [0.1, 0.15) is 18.3 Å². The highest BCUT2D eigenvalue weighted by atomic mass is 16.5. The highest BCUT2D eigenvalue weighted by Crippen LogP contribution is 2.30. The van der Waals surface area contributed by atoms with Crippen molar-refractivity contribution in [3.05, 3.63) is 53.9 Å². The van der Waals surface area contributed by atoms with E-state index in [9.17, 15) is 4.79 Å². The summed E-state index contributed by atoms with van der Waals surface area (Å²) in [4.78, 5) is 16.5. The summed E-state index contributed by atoms with van der Waals surface area (Å²) >= 11 is 0. The summed E-state index contributed by atoms with van der Waals surface area (Å²) in [5.41, 5.74) is 2.77. The Morgan fingerprint density at radius 2 is 1.96 bits per heavy atom. The van der Waals surface area contributed by atoms with Crippen LogP contribution in [0.2, 0.25) is 0 Å². The quantitative estimate of drug-likeness (QED) is 0.493. The third-order valence-corrected chi connectivity index (χ3v) is 3.84. The maximum Gasteiger partial charge on any atom is 0.312 e. The molecule has 1 aromatic carbocycles. The molecule has 0 saturated heterocycles. The summed E-state index contributed by atoms with van der Waals surface area (Å²) in [5, 5.41) is 8.70. The van der Waals surface area contributed by atoms with Crippen molar-refractivity contribution in [2.75, 3.05) is 13.7 Å². The molecule has 0 N–H and O–H groups in total. The molecule has 26 heavy (non-hydrogen) atoms. The largest absolute Gasteiger partial charge is 0.494 e. The van der Waals surface area contributed by atoms with E-state index in [4.69, 9.17) is 9.47 Å². The van der Waals surface area contributed by atoms with Gasteiger partial charge in [-0.25, -0.2) is 4.98 Å². The van der Waals surface area contributed by atoms with Crippen molar-refractivity contribution >= 4 is 23.1 Å². The average molecular weight is 352 g/mol. The van der Waals surface area contributed by atoms with E-state index >= 15 is 0 Å². The second-order valence-electron chi connectivity index (χ2n) is 5.60. The molecule has 3 aromatic rings. The third-order valence-electron chi connectivity index (χ3n) is 3.84. The van der Waals surface area contributed by atoms with Crippen molar-refractivity contribution < 1.29 is 14.3 Å². The van der Waals surface area contributed by atoms with E-state index < -0.39 is 0 Å². The van der Waals surface area contributed by atoms with Crippen molar-refractivity contribution in [3.8, 4) is 5.75 Å². The van der Waals surface area contributed by atoms with Gasteiger partial charge in [0.2, 0.25) is 0 Å². The summed E-state index contributed by atoms with van der Waals surface area (Å²) in [5.74, 6) is 0.785. The number of methoxy groups -OCH3 is 1. The van der Waals surface area contributed by atoms with E-state index in [1.807, 2.05) is 53.8 Å². The minimum atomic E-state index is -0.345. The van der Waals surface area contributed by atoms with Crippen LogP contribution in [-0.4, -0.2) is 29.1 Å². The second kappa shape index (κ2) is 7.77. The number of imidazole rings is 1. The lowest BCUT2D eigenvalue weighted by atomic mass is 10.3. The van der Waals surface area contributed by atoms with Crippen molar-refractivity contribution in [1.82, 2.24) is 9.38 Å². The van der Waals surface area contributed by atoms with E-state index in [1.165, 1.54) is 0 Å². The molecule has 0 aliphatic rings. The first kappa shape index (κ1) is 17.6. The summed E-state index contributed by atoms with van der Waals surface area (Å²) in [6, 6.07) is 13.1. The third kappa shape index (κ3) is 3.56. The van der Waals surface area contributed by atoms with Gasteiger partial charge in [0.15, 0.2) is 5.82 Å². The van der Waals surface area contributed by atoms with E-state index in [2.05, 4.69) is 15.2 Å². The highest BCUT2D eigenvalue weighted by Gasteiger charge is 2.17. The molecule has 7 nitrogen and oxygen atoms in total. The Kier molecular flexibility index (Phi) is 5.26. The van der Waals surface area contributed by atoms with E-state index in [1.54, 1.807) is 14.0 Å². The Labute approximate surface area is 151 Å². The van der Waals surface area contributed by atoms with Crippen LogP contribution in [0.4, 0.5) is 11.5 Å². The van der Waals surface area contributed by atoms with Crippen LogP contribution >= 0.6 is 0 Å². The molecule has 0 fully saturated rings. The molecule has 2 aromatic heterocycles. The Morgan fingerprint density at radius 1 is 1.15 bits per heavy atom. The van der Waals surface area contributed by atoms with Crippen LogP contribution in [0.5, 0.6) is 5.75 Å². The number of hydrogen-bond acceptors (Lipinski definition) is 6. The van der Waals surface area contributed by atoms with Crippen LogP contribution in [0.15, 0.2) is 52.7 Å². The fourth-order valence-electron chi connectivity index (χ4n) is 2.67. The monoisotopic (exact) mass is 352 g/mol. The van der Waals surface area contributed by atoms with Crippen LogP contribution < -0.4 is 4.74 Å². The molecule has 0 saturated carbocycles. The van der Waals surface area contributed by atoms with Crippen molar-refractivity contribution in [3.63, 3.8) is 0 Å². The maximum atomic E-state index is 11.9. The highest BCUT2D eigenvalue weighted by molar-refractivity contribution is 5.74. The van der Waals surface area contributed by atoms with Crippen LogP contribution in [0.25, 0.3) is 5.65 Å². The van der Waals surface area contributed by atoms with Gasteiger partial charge < -0.3 is 9.47 Å². The predicted octanol–water partition coefficient (Wildman–Crippen LogP) is 4.17. The molecule has 0 aliphatic heterocycles. The van der Waals surface area contributed by atoms with Crippen molar-refractivity contribution in [1.29, 1.82) is 0 Å². The smallest absolute Gasteiger partial charge is 0.312 e. The molecule has 0 bridgehead atoms. The lowest BCUT2D eigenvalue weighted by Crippen LogP contribution is -2.07. The summed E-state index contributed by atoms with van der Waals surface area (Å²) in [6.07, 6.45) is 0.0369. The molecule has 0 spiro atoms.